The highest BCUT2D eigenvalue weighted by Crippen LogP contribution is 2.35. The number of pyridine rings is 1. The summed E-state index contributed by atoms with van der Waals surface area (Å²) in [7, 11) is 0. The monoisotopic (exact) mass is 282 g/mol. The molecule has 0 radical (unpaired) electrons. The van der Waals surface area contributed by atoms with E-state index in [-0.39, 0.29) is 11.4 Å². The highest BCUT2D eigenvalue weighted by Gasteiger charge is 2.36. The van der Waals surface area contributed by atoms with Crippen molar-refractivity contribution in [2.24, 2.45) is 0 Å². The van der Waals surface area contributed by atoms with Crippen molar-refractivity contribution in [3.05, 3.63) is 28.5 Å². The Labute approximate surface area is 104 Å². The number of hydrogen-bond acceptors (Lipinski definition) is 2. The second-order valence-corrected chi connectivity index (χ2v) is 5.03. The fraction of sp³-hybridized carbons (Fsp3) is 0.500. The molecule has 0 saturated heterocycles. The van der Waals surface area contributed by atoms with E-state index in [4.69, 9.17) is 0 Å². The minimum atomic E-state index is -0.0264. The zero-order valence-corrected chi connectivity index (χ0v) is 10.9. The van der Waals surface area contributed by atoms with E-state index in [1.165, 1.54) is 6.42 Å². The topological polar surface area (TPSA) is 42.0 Å². The van der Waals surface area contributed by atoms with E-state index in [1.807, 2.05) is 0 Å². The lowest BCUT2D eigenvalue weighted by Gasteiger charge is -2.42. The standard InChI is InChI=1S/C12H15BrN2O/c1-2-12(6-4-7-12)15-11(16)9-5-3-8-14-10(9)13/h3,5,8H,2,4,6-7H2,1H3,(H,15,16). The molecule has 1 amide bonds. The van der Waals surface area contributed by atoms with Gasteiger partial charge in [0.25, 0.3) is 5.91 Å². The maximum Gasteiger partial charge on any atom is 0.254 e. The third-order valence-corrected chi connectivity index (χ3v) is 4.00. The second kappa shape index (κ2) is 4.53. The van der Waals surface area contributed by atoms with E-state index in [2.05, 4.69) is 33.2 Å². The van der Waals surface area contributed by atoms with Crippen molar-refractivity contribution >= 4 is 21.8 Å². The zero-order valence-electron chi connectivity index (χ0n) is 9.29. The molecule has 0 unspecified atom stereocenters. The first-order valence-corrected chi connectivity index (χ1v) is 6.39. The molecule has 0 aromatic carbocycles. The minimum Gasteiger partial charge on any atom is -0.347 e. The smallest absolute Gasteiger partial charge is 0.254 e. The predicted molar refractivity (Wildman–Crippen MR) is 66.3 cm³/mol. The largest absolute Gasteiger partial charge is 0.347 e. The summed E-state index contributed by atoms with van der Waals surface area (Å²) in [4.78, 5) is 16.1. The fourth-order valence-corrected chi connectivity index (χ4v) is 2.46. The Morgan fingerprint density at radius 1 is 1.62 bits per heavy atom. The van der Waals surface area contributed by atoms with E-state index in [9.17, 15) is 4.79 Å². The molecule has 0 aliphatic heterocycles. The molecule has 1 saturated carbocycles. The van der Waals surface area contributed by atoms with Crippen LogP contribution < -0.4 is 5.32 Å². The molecule has 1 aromatic heterocycles. The van der Waals surface area contributed by atoms with Gasteiger partial charge in [-0.05, 0) is 53.7 Å². The molecule has 1 aromatic rings. The molecule has 0 bridgehead atoms. The number of carbonyl (C=O) groups excluding carboxylic acids is 1. The van der Waals surface area contributed by atoms with Gasteiger partial charge in [-0.15, -0.1) is 0 Å². The molecule has 16 heavy (non-hydrogen) atoms. The average Bonchev–Trinajstić information content (AvgIpc) is 2.24. The van der Waals surface area contributed by atoms with Gasteiger partial charge in [0.2, 0.25) is 0 Å². The van der Waals surface area contributed by atoms with Crippen LogP contribution in [0, 0.1) is 0 Å². The van der Waals surface area contributed by atoms with Crippen molar-refractivity contribution in [1.82, 2.24) is 10.3 Å². The van der Waals surface area contributed by atoms with Gasteiger partial charge < -0.3 is 5.32 Å². The Kier molecular flexibility index (Phi) is 3.28. The Morgan fingerprint density at radius 2 is 2.38 bits per heavy atom. The molecule has 1 N–H and O–H groups in total. The van der Waals surface area contributed by atoms with Crippen molar-refractivity contribution < 1.29 is 4.79 Å². The lowest BCUT2D eigenvalue weighted by molar-refractivity contribution is 0.0819. The van der Waals surface area contributed by atoms with Gasteiger partial charge in [-0.3, -0.25) is 4.79 Å². The third kappa shape index (κ3) is 2.12. The molecule has 86 valence electrons. The number of amides is 1. The number of halogens is 1. The summed E-state index contributed by atoms with van der Waals surface area (Å²) < 4.78 is 0.609. The van der Waals surface area contributed by atoms with Crippen LogP contribution in [0.5, 0.6) is 0 Å². The predicted octanol–water partition coefficient (Wildman–Crippen LogP) is 2.91. The molecular formula is C12H15BrN2O. The SMILES string of the molecule is CCC1(NC(=O)c2cccnc2Br)CCC1. The molecule has 1 fully saturated rings. The zero-order chi connectivity index (χ0) is 11.6. The molecule has 4 heteroatoms. The van der Waals surface area contributed by atoms with Crippen LogP contribution in [0.25, 0.3) is 0 Å². The summed E-state index contributed by atoms with van der Waals surface area (Å²) in [6, 6.07) is 3.56. The molecule has 1 aliphatic carbocycles. The van der Waals surface area contributed by atoms with Gasteiger partial charge in [0, 0.05) is 11.7 Å². The third-order valence-electron chi connectivity index (χ3n) is 3.37. The van der Waals surface area contributed by atoms with Crippen molar-refractivity contribution in [2.75, 3.05) is 0 Å². The van der Waals surface area contributed by atoms with Crippen molar-refractivity contribution in [1.29, 1.82) is 0 Å². The molecular weight excluding hydrogens is 268 g/mol. The summed E-state index contributed by atoms with van der Waals surface area (Å²) >= 11 is 3.29. The summed E-state index contributed by atoms with van der Waals surface area (Å²) in [5.74, 6) is -0.0264. The van der Waals surface area contributed by atoms with Crippen molar-refractivity contribution in [3.8, 4) is 0 Å². The Balaban J connectivity index is 2.11. The molecule has 2 rings (SSSR count). The summed E-state index contributed by atoms with van der Waals surface area (Å²) in [5, 5.41) is 3.13. The first-order valence-electron chi connectivity index (χ1n) is 5.60. The van der Waals surface area contributed by atoms with Crippen LogP contribution in [0.1, 0.15) is 43.0 Å². The van der Waals surface area contributed by atoms with E-state index < -0.39 is 0 Å². The molecule has 1 aliphatic rings. The van der Waals surface area contributed by atoms with Gasteiger partial charge in [-0.2, -0.15) is 0 Å². The van der Waals surface area contributed by atoms with Crippen molar-refractivity contribution in [2.45, 2.75) is 38.1 Å². The van der Waals surface area contributed by atoms with Crippen LogP contribution in [0.4, 0.5) is 0 Å². The van der Waals surface area contributed by atoms with Gasteiger partial charge in [0.1, 0.15) is 4.60 Å². The summed E-state index contributed by atoms with van der Waals surface area (Å²) in [5.41, 5.74) is 0.647. The Morgan fingerprint density at radius 3 is 2.88 bits per heavy atom. The minimum absolute atomic E-state index is 0.0264. The number of aromatic nitrogens is 1. The lowest BCUT2D eigenvalue weighted by atomic mass is 9.74. The van der Waals surface area contributed by atoms with Crippen molar-refractivity contribution in [3.63, 3.8) is 0 Å². The van der Waals surface area contributed by atoms with E-state index >= 15 is 0 Å². The summed E-state index contributed by atoms with van der Waals surface area (Å²) in [6.45, 7) is 2.12. The van der Waals surface area contributed by atoms with E-state index in [0.717, 1.165) is 19.3 Å². The quantitative estimate of drug-likeness (QED) is 0.867. The Hall–Kier alpha value is -0.900. The highest BCUT2D eigenvalue weighted by molar-refractivity contribution is 9.10. The number of nitrogens with one attached hydrogen (secondary N) is 1. The lowest BCUT2D eigenvalue weighted by Crippen LogP contribution is -2.53. The van der Waals surface area contributed by atoms with Gasteiger partial charge in [-0.25, -0.2) is 4.98 Å². The average molecular weight is 283 g/mol. The van der Waals surface area contributed by atoms with E-state index in [0.29, 0.717) is 10.2 Å². The van der Waals surface area contributed by atoms with Gasteiger partial charge in [-0.1, -0.05) is 6.92 Å². The normalized spacial score (nSPS) is 17.6. The molecule has 1 heterocycles. The molecule has 3 nitrogen and oxygen atoms in total. The van der Waals surface area contributed by atoms with Crippen LogP contribution >= 0.6 is 15.9 Å². The highest BCUT2D eigenvalue weighted by atomic mass is 79.9. The fourth-order valence-electron chi connectivity index (χ4n) is 2.03. The van der Waals surface area contributed by atoms with Crippen LogP contribution in [0.2, 0.25) is 0 Å². The Bertz CT molecular complexity index is 396. The number of rotatable bonds is 3. The number of nitrogens with zero attached hydrogens (tertiary/aromatic N) is 1. The number of carbonyl (C=O) groups is 1. The first kappa shape index (κ1) is 11.6. The molecule has 0 spiro atoms. The molecule has 0 atom stereocenters. The summed E-state index contributed by atoms with van der Waals surface area (Å²) in [6.07, 6.45) is 6.05. The maximum atomic E-state index is 12.1. The van der Waals surface area contributed by atoms with Gasteiger partial charge in [0.15, 0.2) is 0 Å². The van der Waals surface area contributed by atoms with Crippen LogP contribution in [0.15, 0.2) is 22.9 Å². The van der Waals surface area contributed by atoms with Crippen LogP contribution in [-0.2, 0) is 0 Å². The van der Waals surface area contributed by atoms with Gasteiger partial charge >= 0.3 is 0 Å². The first-order chi connectivity index (χ1) is 7.67. The van der Waals surface area contributed by atoms with Crippen LogP contribution in [0.3, 0.4) is 0 Å². The number of hydrogen-bond donors (Lipinski definition) is 1. The van der Waals surface area contributed by atoms with E-state index in [1.54, 1.807) is 18.3 Å². The van der Waals surface area contributed by atoms with Crippen LogP contribution in [-0.4, -0.2) is 16.4 Å². The maximum absolute atomic E-state index is 12.1. The second-order valence-electron chi connectivity index (χ2n) is 4.28. The van der Waals surface area contributed by atoms with Gasteiger partial charge in [0.05, 0.1) is 5.56 Å².